The van der Waals surface area contributed by atoms with Gasteiger partial charge in [-0.15, -0.1) is 0 Å². The van der Waals surface area contributed by atoms with E-state index in [1.54, 1.807) is 0 Å². The first-order chi connectivity index (χ1) is 8.16. The van der Waals surface area contributed by atoms with Crippen LogP contribution in [0.3, 0.4) is 0 Å². The molecular formula is C12H19NO4. The van der Waals surface area contributed by atoms with Crippen molar-refractivity contribution in [1.82, 2.24) is 5.32 Å². The van der Waals surface area contributed by atoms with Crippen LogP contribution in [0.25, 0.3) is 0 Å². The predicted molar refractivity (Wildman–Crippen MR) is 60.5 cm³/mol. The van der Waals surface area contributed by atoms with Crippen LogP contribution in [0.2, 0.25) is 0 Å². The number of hydrogen-bond acceptors (Lipinski definition) is 3. The Bertz CT molecular complexity index is 295. The van der Waals surface area contributed by atoms with Gasteiger partial charge in [-0.1, -0.05) is 12.8 Å². The average molecular weight is 241 g/mol. The normalized spacial score (nSPS) is 22.4. The van der Waals surface area contributed by atoms with Gasteiger partial charge in [0.1, 0.15) is 12.6 Å². The van der Waals surface area contributed by atoms with Crippen molar-refractivity contribution in [2.75, 3.05) is 6.61 Å². The van der Waals surface area contributed by atoms with Crippen molar-refractivity contribution in [3.63, 3.8) is 0 Å². The van der Waals surface area contributed by atoms with E-state index in [2.05, 4.69) is 5.32 Å². The van der Waals surface area contributed by atoms with Gasteiger partial charge in [-0.25, -0.2) is 4.79 Å². The summed E-state index contributed by atoms with van der Waals surface area (Å²) in [4.78, 5) is 22.5. The SMILES string of the molecule is O=C(COC1CCCC1)NC(C(=O)O)C1CC1. The fourth-order valence-electron chi connectivity index (χ4n) is 2.27. The minimum Gasteiger partial charge on any atom is -0.480 e. The molecule has 96 valence electrons. The number of ether oxygens (including phenoxy) is 1. The number of rotatable bonds is 6. The zero-order valence-electron chi connectivity index (χ0n) is 9.85. The number of hydrogen-bond donors (Lipinski definition) is 2. The van der Waals surface area contributed by atoms with Crippen molar-refractivity contribution < 1.29 is 19.4 Å². The Hall–Kier alpha value is -1.10. The van der Waals surface area contributed by atoms with E-state index in [0.29, 0.717) is 0 Å². The lowest BCUT2D eigenvalue weighted by Crippen LogP contribution is -2.44. The summed E-state index contributed by atoms with van der Waals surface area (Å²) in [6, 6.07) is -0.727. The minimum absolute atomic E-state index is 0.0127. The summed E-state index contributed by atoms with van der Waals surface area (Å²) >= 11 is 0. The Balaban J connectivity index is 1.69. The molecule has 0 saturated heterocycles. The van der Waals surface area contributed by atoms with Crippen molar-refractivity contribution in [2.24, 2.45) is 5.92 Å². The van der Waals surface area contributed by atoms with Gasteiger partial charge in [0, 0.05) is 0 Å². The summed E-state index contributed by atoms with van der Waals surface area (Å²) in [5, 5.41) is 11.5. The van der Waals surface area contributed by atoms with Crippen LogP contribution in [0.1, 0.15) is 38.5 Å². The smallest absolute Gasteiger partial charge is 0.326 e. The van der Waals surface area contributed by atoms with Gasteiger partial charge in [0.25, 0.3) is 0 Å². The van der Waals surface area contributed by atoms with Gasteiger partial charge in [0.05, 0.1) is 6.10 Å². The van der Waals surface area contributed by atoms with Gasteiger partial charge in [0.2, 0.25) is 5.91 Å². The molecule has 0 aromatic carbocycles. The molecule has 2 fully saturated rings. The lowest BCUT2D eigenvalue weighted by Gasteiger charge is -2.15. The fourth-order valence-corrected chi connectivity index (χ4v) is 2.27. The summed E-state index contributed by atoms with van der Waals surface area (Å²) in [5.74, 6) is -1.14. The molecule has 0 radical (unpaired) electrons. The van der Waals surface area contributed by atoms with Crippen LogP contribution < -0.4 is 5.32 Å². The number of aliphatic carboxylic acids is 1. The molecule has 0 spiro atoms. The Kier molecular flexibility index (Phi) is 3.99. The molecule has 1 amide bonds. The molecule has 0 bridgehead atoms. The molecule has 0 aromatic heterocycles. The third-order valence-corrected chi connectivity index (χ3v) is 3.43. The third-order valence-electron chi connectivity index (χ3n) is 3.43. The maximum Gasteiger partial charge on any atom is 0.326 e. The molecule has 0 heterocycles. The standard InChI is InChI=1S/C12H19NO4/c14-10(7-17-9-3-1-2-4-9)13-11(12(15)16)8-5-6-8/h8-9,11H,1-7H2,(H,13,14)(H,15,16). The molecule has 1 unspecified atom stereocenters. The summed E-state index contributed by atoms with van der Waals surface area (Å²) in [6.07, 6.45) is 6.31. The van der Waals surface area contributed by atoms with E-state index in [4.69, 9.17) is 9.84 Å². The first kappa shape index (κ1) is 12.4. The summed E-state index contributed by atoms with van der Waals surface area (Å²) < 4.78 is 5.44. The quantitative estimate of drug-likeness (QED) is 0.725. The van der Waals surface area contributed by atoms with Crippen molar-refractivity contribution >= 4 is 11.9 Å². The molecule has 5 nitrogen and oxygen atoms in total. The van der Waals surface area contributed by atoms with E-state index < -0.39 is 12.0 Å². The number of carboxylic acids is 1. The van der Waals surface area contributed by atoms with E-state index >= 15 is 0 Å². The summed E-state index contributed by atoms with van der Waals surface area (Å²) in [7, 11) is 0. The van der Waals surface area contributed by atoms with Crippen molar-refractivity contribution in [3.05, 3.63) is 0 Å². The Morgan fingerprint density at radius 1 is 1.24 bits per heavy atom. The van der Waals surface area contributed by atoms with Gasteiger partial charge in [0.15, 0.2) is 0 Å². The van der Waals surface area contributed by atoms with Crippen LogP contribution in [0.15, 0.2) is 0 Å². The number of carbonyl (C=O) groups excluding carboxylic acids is 1. The lowest BCUT2D eigenvalue weighted by molar-refractivity contribution is -0.143. The molecule has 2 rings (SSSR count). The topological polar surface area (TPSA) is 75.6 Å². The number of nitrogens with one attached hydrogen (secondary N) is 1. The molecule has 17 heavy (non-hydrogen) atoms. The molecule has 2 aliphatic carbocycles. The van der Waals surface area contributed by atoms with Gasteiger partial charge in [-0.2, -0.15) is 0 Å². The summed E-state index contributed by atoms with van der Waals surface area (Å²) in [6.45, 7) is -0.0127. The number of carboxylic acid groups (broad SMARTS) is 1. The molecule has 1 atom stereocenters. The van der Waals surface area contributed by atoms with Crippen molar-refractivity contribution in [3.8, 4) is 0 Å². The Morgan fingerprint density at radius 2 is 1.88 bits per heavy atom. The van der Waals surface area contributed by atoms with Crippen LogP contribution in [0, 0.1) is 5.92 Å². The molecule has 2 saturated carbocycles. The van der Waals surface area contributed by atoms with Crippen LogP contribution >= 0.6 is 0 Å². The Morgan fingerprint density at radius 3 is 2.41 bits per heavy atom. The molecule has 2 aliphatic rings. The monoisotopic (exact) mass is 241 g/mol. The lowest BCUT2D eigenvalue weighted by atomic mass is 10.2. The molecular weight excluding hydrogens is 222 g/mol. The zero-order chi connectivity index (χ0) is 12.3. The highest BCUT2D eigenvalue weighted by Gasteiger charge is 2.37. The van der Waals surface area contributed by atoms with E-state index in [1.807, 2.05) is 0 Å². The van der Waals surface area contributed by atoms with Crippen LogP contribution in [0.5, 0.6) is 0 Å². The largest absolute Gasteiger partial charge is 0.480 e. The maximum absolute atomic E-state index is 11.5. The maximum atomic E-state index is 11.5. The van der Waals surface area contributed by atoms with Crippen LogP contribution in [-0.4, -0.2) is 35.7 Å². The van der Waals surface area contributed by atoms with E-state index in [1.165, 1.54) is 0 Å². The number of amides is 1. The average Bonchev–Trinajstić information content (AvgIpc) is 2.99. The first-order valence-corrected chi connectivity index (χ1v) is 6.30. The van der Waals surface area contributed by atoms with Gasteiger partial charge < -0.3 is 15.2 Å². The summed E-state index contributed by atoms with van der Waals surface area (Å²) in [5.41, 5.74) is 0. The van der Waals surface area contributed by atoms with Crippen molar-refractivity contribution in [2.45, 2.75) is 50.7 Å². The van der Waals surface area contributed by atoms with Crippen LogP contribution in [-0.2, 0) is 14.3 Å². The highest BCUT2D eigenvalue weighted by atomic mass is 16.5. The molecule has 5 heteroatoms. The zero-order valence-corrected chi connectivity index (χ0v) is 9.85. The van der Waals surface area contributed by atoms with E-state index in [9.17, 15) is 9.59 Å². The van der Waals surface area contributed by atoms with Gasteiger partial charge in [-0.3, -0.25) is 4.79 Å². The number of carbonyl (C=O) groups is 2. The van der Waals surface area contributed by atoms with E-state index in [0.717, 1.165) is 38.5 Å². The molecule has 0 aliphatic heterocycles. The minimum atomic E-state index is -0.943. The van der Waals surface area contributed by atoms with Gasteiger partial charge >= 0.3 is 5.97 Å². The van der Waals surface area contributed by atoms with Gasteiger partial charge in [-0.05, 0) is 31.6 Å². The second-order valence-electron chi connectivity index (χ2n) is 4.94. The highest BCUT2D eigenvalue weighted by molar-refractivity contribution is 5.84. The third kappa shape index (κ3) is 3.70. The van der Waals surface area contributed by atoms with Crippen LogP contribution in [0.4, 0.5) is 0 Å². The Labute approximate surface area is 101 Å². The highest BCUT2D eigenvalue weighted by Crippen LogP contribution is 2.32. The second-order valence-corrected chi connectivity index (χ2v) is 4.94. The first-order valence-electron chi connectivity index (χ1n) is 6.30. The van der Waals surface area contributed by atoms with Crippen molar-refractivity contribution in [1.29, 1.82) is 0 Å². The molecule has 2 N–H and O–H groups in total. The predicted octanol–water partition coefficient (Wildman–Crippen LogP) is 0.925. The fraction of sp³-hybridized carbons (Fsp3) is 0.833. The molecule has 0 aromatic rings. The van der Waals surface area contributed by atoms with E-state index in [-0.39, 0.29) is 24.5 Å². The second kappa shape index (κ2) is 5.49.